The number of carbonyl (C=O) groups is 2. The maximum atomic E-state index is 12.6. The first-order valence-electron chi connectivity index (χ1n) is 8.61. The highest BCUT2D eigenvalue weighted by Gasteiger charge is 2.16. The molecule has 0 saturated heterocycles. The zero-order chi connectivity index (χ0) is 20.0. The van der Waals surface area contributed by atoms with Gasteiger partial charge in [-0.1, -0.05) is 24.9 Å². The number of nitrogens with zero attached hydrogens (tertiary/aromatic N) is 3. The number of rotatable bonds is 7. The lowest BCUT2D eigenvalue weighted by Gasteiger charge is -2.17. The molecule has 0 spiro atoms. The fraction of sp³-hybridized carbons (Fsp3) is 0.368. The number of anilines is 2. The summed E-state index contributed by atoms with van der Waals surface area (Å²) in [6.45, 7) is 4.44. The molecule has 0 bridgehead atoms. The summed E-state index contributed by atoms with van der Waals surface area (Å²) < 4.78 is 4.72. The zero-order valence-electron chi connectivity index (χ0n) is 15.9. The molecule has 0 unspecified atom stereocenters. The number of ether oxygens (including phenoxy) is 1. The van der Waals surface area contributed by atoms with E-state index in [0.29, 0.717) is 40.2 Å². The molecule has 8 heteroatoms. The van der Waals surface area contributed by atoms with Crippen molar-refractivity contribution < 1.29 is 14.3 Å². The van der Waals surface area contributed by atoms with Gasteiger partial charge in [-0.3, -0.25) is 4.79 Å². The molecule has 0 radical (unpaired) electrons. The second kappa shape index (κ2) is 9.32. The first kappa shape index (κ1) is 20.6. The summed E-state index contributed by atoms with van der Waals surface area (Å²) in [6, 6.07) is 6.30. The van der Waals surface area contributed by atoms with Crippen LogP contribution in [0.3, 0.4) is 0 Å². The van der Waals surface area contributed by atoms with Crippen molar-refractivity contribution in [3.8, 4) is 0 Å². The van der Waals surface area contributed by atoms with E-state index in [4.69, 9.17) is 16.3 Å². The minimum absolute atomic E-state index is 0.175. The lowest BCUT2D eigenvalue weighted by atomic mass is 10.2. The Hall–Kier alpha value is -2.67. The maximum absolute atomic E-state index is 12.6. The van der Waals surface area contributed by atoms with Crippen LogP contribution in [0.15, 0.2) is 24.3 Å². The van der Waals surface area contributed by atoms with Gasteiger partial charge in [0.25, 0.3) is 5.91 Å². The first-order chi connectivity index (χ1) is 12.8. The van der Waals surface area contributed by atoms with E-state index < -0.39 is 5.97 Å². The molecule has 0 aliphatic rings. The summed E-state index contributed by atoms with van der Waals surface area (Å²) in [4.78, 5) is 34.5. The Morgan fingerprint density at radius 2 is 2.00 bits per heavy atom. The zero-order valence-corrected chi connectivity index (χ0v) is 16.6. The number of halogens is 1. The predicted octanol–water partition coefficient (Wildman–Crippen LogP) is 3.84. The molecule has 2 rings (SSSR count). The van der Waals surface area contributed by atoms with Gasteiger partial charge in [-0.2, -0.15) is 0 Å². The lowest BCUT2D eigenvalue weighted by molar-refractivity contribution is 0.0600. The second-order valence-electron chi connectivity index (χ2n) is 6.08. The SMILES string of the molecule is CCCCN(C)C(=O)c1cc(Nc2cc(C(=O)OC)ccc2Cl)nc(C)n1. The topological polar surface area (TPSA) is 84.4 Å². The number of methoxy groups -OCH3 is 1. The number of esters is 1. The number of aromatic nitrogens is 2. The highest BCUT2D eigenvalue weighted by Crippen LogP contribution is 2.26. The van der Waals surface area contributed by atoms with Gasteiger partial charge in [0.2, 0.25) is 0 Å². The summed E-state index contributed by atoms with van der Waals surface area (Å²) in [7, 11) is 3.06. The van der Waals surface area contributed by atoms with Crippen LogP contribution in [0.4, 0.5) is 11.5 Å². The molecular formula is C19H23ClN4O3. The van der Waals surface area contributed by atoms with Crippen LogP contribution in [0.25, 0.3) is 0 Å². The van der Waals surface area contributed by atoms with Crippen molar-refractivity contribution in [3.63, 3.8) is 0 Å². The van der Waals surface area contributed by atoms with E-state index in [1.54, 1.807) is 43.1 Å². The minimum atomic E-state index is -0.470. The van der Waals surface area contributed by atoms with Gasteiger partial charge in [0.1, 0.15) is 17.3 Å². The highest BCUT2D eigenvalue weighted by atomic mass is 35.5. The number of hydrogen-bond acceptors (Lipinski definition) is 6. The summed E-state index contributed by atoms with van der Waals surface area (Å²) in [5, 5.41) is 3.46. The lowest BCUT2D eigenvalue weighted by Crippen LogP contribution is -2.28. The third-order valence-electron chi connectivity index (χ3n) is 3.90. The fourth-order valence-electron chi connectivity index (χ4n) is 2.44. The quantitative estimate of drug-likeness (QED) is 0.723. The molecule has 0 aliphatic carbocycles. The molecule has 1 amide bonds. The Bertz CT molecular complexity index is 842. The van der Waals surface area contributed by atoms with Crippen LogP contribution in [0, 0.1) is 6.92 Å². The smallest absolute Gasteiger partial charge is 0.337 e. The molecule has 7 nitrogen and oxygen atoms in total. The fourth-order valence-corrected chi connectivity index (χ4v) is 2.60. The van der Waals surface area contributed by atoms with Crippen molar-refractivity contribution in [2.45, 2.75) is 26.7 Å². The van der Waals surface area contributed by atoms with Gasteiger partial charge in [-0.05, 0) is 31.5 Å². The third-order valence-corrected chi connectivity index (χ3v) is 4.23. The molecule has 1 aromatic heterocycles. The van der Waals surface area contributed by atoms with E-state index in [1.165, 1.54) is 7.11 Å². The van der Waals surface area contributed by atoms with Crippen LogP contribution in [0.1, 0.15) is 46.4 Å². The van der Waals surface area contributed by atoms with Crippen molar-refractivity contribution in [2.24, 2.45) is 0 Å². The molecule has 2 aromatic rings. The molecule has 0 fully saturated rings. The van der Waals surface area contributed by atoms with Crippen molar-refractivity contribution in [2.75, 3.05) is 26.0 Å². The van der Waals surface area contributed by atoms with Crippen LogP contribution in [-0.2, 0) is 4.74 Å². The third kappa shape index (κ3) is 5.40. The van der Waals surface area contributed by atoms with Gasteiger partial charge >= 0.3 is 5.97 Å². The molecule has 1 aromatic carbocycles. The highest BCUT2D eigenvalue weighted by molar-refractivity contribution is 6.33. The number of carbonyl (C=O) groups excluding carboxylic acids is 2. The largest absolute Gasteiger partial charge is 0.465 e. The average molecular weight is 391 g/mol. The number of aryl methyl sites for hydroxylation is 1. The monoisotopic (exact) mass is 390 g/mol. The van der Waals surface area contributed by atoms with E-state index in [1.807, 2.05) is 0 Å². The van der Waals surface area contributed by atoms with E-state index >= 15 is 0 Å². The number of benzene rings is 1. The Morgan fingerprint density at radius 1 is 1.26 bits per heavy atom. The first-order valence-corrected chi connectivity index (χ1v) is 8.99. The van der Waals surface area contributed by atoms with E-state index in [2.05, 4.69) is 22.2 Å². The van der Waals surface area contributed by atoms with Gasteiger partial charge in [0.05, 0.1) is 23.4 Å². The Kier molecular flexibility index (Phi) is 7.12. The van der Waals surface area contributed by atoms with Crippen LogP contribution in [-0.4, -0.2) is 47.4 Å². The molecule has 0 saturated carbocycles. The summed E-state index contributed by atoms with van der Waals surface area (Å²) >= 11 is 6.21. The Morgan fingerprint density at radius 3 is 2.67 bits per heavy atom. The van der Waals surface area contributed by atoms with Gasteiger partial charge in [0.15, 0.2) is 0 Å². The van der Waals surface area contributed by atoms with Crippen LogP contribution < -0.4 is 5.32 Å². The van der Waals surface area contributed by atoms with Gasteiger partial charge in [-0.15, -0.1) is 0 Å². The van der Waals surface area contributed by atoms with Gasteiger partial charge < -0.3 is 15.0 Å². The van der Waals surface area contributed by atoms with Crippen molar-refractivity contribution in [3.05, 3.63) is 46.4 Å². The summed E-state index contributed by atoms with van der Waals surface area (Å²) in [5.41, 5.74) is 1.13. The molecule has 0 aliphatic heterocycles. The predicted molar refractivity (Wildman–Crippen MR) is 105 cm³/mol. The number of amides is 1. The van der Waals surface area contributed by atoms with Gasteiger partial charge in [0, 0.05) is 19.7 Å². The molecule has 144 valence electrons. The molecule has 27 heavy (non-hydrogen) atoms. The molecular weight excluding hydrogens is 368 g/mol. The van der Waals surface area contributed by atoms with Crippen LogP contribution in [0.2, 0.25) is 5.02 Å². The normalized spacial score (nSPS) is 10.4. The van der Waals surface area contributed by atoms with Gasteiger partial charge in [-0.25, -0.2) is 14.8 Å². The van der Waals surface area contributed by atoms with E-state index in [-0.39, 0.29) is 5.91 Å². The van der Waals surface area contributed by atoms with Crippen LogP contribution in [0.5, 0.6) is 0 Å². The van der Waals surface area contributed by atoms with Crippen molar-refractivity contribution >= 4 is 35.0 Å². The van der Waals surface area contributed by atoms with E-state index in [9.17, 15) is 9.59 Å². The average Bonchev–Trinajstić information content (AvgIpc) is 2.66. The number of unbranched alkanes of at least 4 members (excludes halogenated alkanes) is 1. The number of nitrogens with one attached hydrogen (secondary N) is 1. The maximum Gasteiger partial charge on any atom is 0.337 e. The minimum Gasteiger partial charge on any atom is -0.465 e. The summed E-state index contributed by atoms with van der Waals surface area (Å²) in [5.74, 6) is 0.222. The molecule has 0 atom stereocenters. The Labute approximate surface area is 163 Å². The number of hydrogen-bond donors (Lipinski definition) is 1. The Balaban J connectivity index is 2.29. The molecule has 1 N–H and O–H groups in total. The summed E-state index contributed by atoms with van der Waals surface area (Å²) in [6.07, 6.45) is 1.93. The van der Waals surface area contributed by atoms with Crippen molar-refractivity contribution in [1.82, 2.24) is 14.9 Å². The van der Waals surface area contributed by atoms with Crippen LogP contribution >= 0.6 is 11.6 Å². The second-order valence-corrected chi connectivity index (χ2v) is 6.48. The van der Waals surface area contributed by atoms with Crippen molar-refractivity contribution in [1.29, 1.82) is 0 Å². The standard InChI is InChI=1S/C19H23ClN4O3/c1-5-6-9-24(3)18(25)16-11-17(22-12(2)21-16)23-15-10-13(19(26)27-4)7-8-14(15)20/h7-8,10-11H,5-6,9H2,1-4H3,(H,21,22,23). The van der Waals surface area contributed by atoms with E-state index in [0.717, 1.165) is 12.8 Å². The molecule has 1 heterocycles.